The van der Waals surface area contributed by atoms with E-state index in [1.165, 1.54) is 0 Å². The highest BCUT2D eigenvalue weighted by Crippen LogP contribution is 2.76. The Bertz CT molecular complexity index is 2040. The van der Waals surface area contributed by atoms with Gasteiger partial charge in [0.15, 0.2) is 25.2 Å². The summed E-state index contributed by atoms with van der Waals surface area (Å²) < 4.78 is 48.1. The van der Waals surface area contributed by atoms with Gasteiger partial charge in [0.2, 0.25) is 0 Å². The molecule has 4 aliphatic heterocycles. The van der Waals surface area contributed by atoms with E-state index in [-0.39, 0.29) is 34.5 Å². The maximum atomic E-state index is 12.8. The fourth-order valence-electron chi connectivity index (χ4n) is 16.4. The van der Waals surface area contributed by atoms with Crippen molar-refractivity contribution in [1.82, 2.24) is 0 Å². The van der Waals surface area contributed by atoms with Gasteiger partial charge >= 0.3 is 0 Å². The Kier molecular flexibility index (Phi) is 19.6. The van der Waals surface area contributed by atoms with Crippen LogP contribution < -0.4 is 0 Å². The third kappa shape index (κ3) is 11.2. The van der Waals surface area contributed by atoms with Gasteiger partial charge in [-0.25, -0.2) is 0 Å². The molecule has 3 saturated carbocycles. The van der Waals surface area contributed by atoms with Crippen LogP contribution >= 0.6 is 0 Å². The summed E-state index contributed by atoms with van der Waals surface area (Å²) in [5, 5.41) is 162. The van der Waals surface area contributed by atoms with Crippen LogP contribution in [0.25, 0.3) is 0 Å². The molecule has 458 valence electrons. The normalized spacial score (nSPS) is 50.9. The minimum Gasteiger partial charge on any atom is -0.394 e. The van der Waals surface area contributed by atoms with Crippen molar-refractivity contribution in [3.8, 4) is 0 Å². The number of aliphatic hydroxyl groups excluding tert-OH is 14. The number of aliphatic hydroxyl groups is 15. The molecular weight excluding hydrogens is 1040 g/mol. The van der Waals surface area contributed by atoms with Crippen molar-refractivity contribution in [2.45, 2.75) is 261 Å². The van der Waals surface area contributed by atoms with Gasteiger partial charge < -0.3 is 114 Å². The Morgan fingerprint density at radius 3 is 1.80 bits per heavy atom. The van der Waals surface area contributed by atoms with Gasteiger partial charge in [-0.05, 0) is 106 Å². The molecule has 0 radical (unpaired) electrons. The number of rotatable bonds is 18. The standard InChI is InChI=1S/C56H96O23/c1-10-56-18-17-26(24(2)11-15-36(53(6,7)71)78-51-47(43(67)39(63)31(22-59)75-51)79-50-44(68)37(61)25(3)29(20-57)73-50)54(56,8)19-34(60)55(9)28-13-16-35(52(4,5)27(28)12-14-33(55)56)77-49-46(70)42(66)40(64)32(76-49)23-72-48-45(69)41(65)38(62)30(21-58)74-48/h12,24-26,28-51,57-71H,10-11,13-23H2,1-9H3/t24-,25-,26?,28?,29-,30-,31-,32-,33?,34-,35+,36-,37+,38-,39-,40-,41+,42+,43+,44-,45-,46-,47-,48+,49+,50+,51+,54-,55+,56+/m1/s1. The first-order valence-corrected chi connectivity index (χ1v) is 28.9. The molecule has 0 bridgehead atoms. The first kappa shape index (κ1) is 63.8. The van der Waals surface area contributed by atoms with Gasteiger partial charge in [0.25, 0.3) is 0 Å². The molecule has 23 nitrogen and oxygen atoms in total. The van der Waals surface area contributed by atoms with E-state index < -0.39 is 184 Å². The number of hydrogen-bond donors (Lipinski definition) is 15. The monoisotopic (exact) mass is 1140 g/mol. The first-order valence-electron chi connectivity index (χ1n) is 28.9. The molecule has 30 atom stereocenters. The lowest BCUT2D eigenvalue weighted by Crippen LogP contribution is -2.65. The Morgan fingerprint density at radius 2 is 1.19 bits per heavy atom. The van der Waals surface area contributed by atoms with Gasteiger partial charge in [-0.15, -0.1) is 0 Å². The highest BCUT2D eigenvalue weighted by atomic mass is 16.8. The molecule has 15 N–H and O–H groups in total. The van der Waals surface area contributed by atoms with Gasteiger partial charge in [-0.2, -0.15) is 0 Å². The number of hydrogen-bond acceptors (Lipinski definition) is 23. The summed E-state index contributed by atoms with van der Waals surface area (Å²) in [7, 11) is 0. The van der Waals surface area contributed by atoms with Gasteiger partial charge in [-0.3, -0.25) is 0 Å². The van der Waals surface area contributed by atoms with Crippen LogP contribution in [0.4, 0.5) is 0 Å². The smallest absolute Gasteiger partial charge is 0.187 e. The summed E-state index contributed by atoms with van der Waals surface area (Å²) in [4.78, 5) is 0. The molecule has 79 heavy (non-hydrogen) atoms. The Hall–Kier alpha value is -1.18. The fourth-order valence-corrected chi connectivity index (χ4v) is 16.4. The molecule has 0 aromatic rings. The average molecular weight is 1140 g/mol. The van der Waals surface area contributed by atoms with Crippen molar-refractivity contribution < 1.29 is 114 Å². The minimum absolute atomic E-state index is 0.0212. The molecule has 4 heterocycles. The number of fused-ring (bicyclic) bond motifs is 5. The van der Waals surface area contributed by atoms with Crippen LogP contribution in [0.2, 0.25) is 0 Å². The van der Waals surface area contributed by atoms with E-state index in [0.29, 0.717) is 38.5 Å². The van der Waals surface area contributed by atoms with Crippen LogP contribution in [0.1, 0.15) is 120 Å². The van der Waals surface area contributed by atoms with Crippen LogP contribution in [0.15, 0.2) is 11.6 Å². The zero-order chi connectivity index (χ0) is 58.2. The highest BCUT2D eigenvalue weighted by molar-refractivity contribution is 5.32. The SMILES string of the molecule is CC[C@@]12CCC([C@H](C)CC[C@@H](O[C@@H]3O[C@H](CO)[C@@H](O)[C@H](O)[C@H]3O[C@@H]3O[C@H](CO)[C@@H](C)[C@H](O)[C@H]3O)C(C)(C)O)[C@@]1(C)C[C@@H](O)[C@@]1(C)C3CC[C@H](O[C@@H]4O[C@H](CO[C@H]5O[C@H](CO)[C@@H](O)[C@H](O)[C@H]5O)[C@@H](O)[C@H](O)[C@H]4O)C(C)(C)C3=CCC12. The second kappa shape index (κ2) is 24.3. The molecule has 0 amide bonds. The average Bonchev–Trinajstić information content (AvgIpc) is 3.80. The summed E-state index contributed by atoms with van der Waals surface area (Å²) in [6.45, 7) is 15.6. The van der Waals surface area contributed by atoms with Crippen molar-refractivity contribution in [1.29, 1.82) is 0 Å². The Labute approximate surface area is 463 Å². The van der Waals surface area contributed by atoms with E-state index in [1.807, 2.05) is 0 Å². The molecule has 0 aromatic carbocycles. The van der Waals surface area contributed by atoms with E-state index in [2.05, 4.69) is 47.6 Å². The maximum absolute atomic E-state index is 12.8. The molecule has 23 heteroatoms. The molecule has 4 aliphatic carbocycles. The topological polar surface area (TPSA) is 377 Å². The summed E-state index contributed by atoms with van der Waals surface area (Å²) >= 11 is 0. The third-order valence-electron chi connectivity index (χ3n) is 21.5. The molecule has 0 spiro atoms. The summed E-state index contributed by atoms with van der Waals surface area (Å²) in [6, 6.07) is 0. The Balaban J connectivity index is 0.954. The number of ether oxygens (including phenoxy) is 8. The number of allylic oxidation sites excluding steroid dienone is 1. The maximum Gasteiger partial charge on any atom is 0.187 e. The van der Waals surface area contributed by atoms with Gasteiger partial charge in [0.1, 0.15) is 79.4 Å². The van der Waals surface area contributed by atoms with Crippen molar-refractivity contribution in [3.05, 3.63) is 11.6 Å². The molecule has 0 aromatic heterocycles. The largest absolute Gasteiger partial charge is 0.394 e. The second-order valence-corrected chi connectivity index (χ2v) is 26.3. The lowest BCUT2D eigenvalue weighted by atomic mass is 9.37. The zero-order valence-corrected chi connectivity index (χ0v) is 47.3. The van der Waals surface area contributed by atoms with Crippen LogP contribution in [-0.4, -0.2) is 244 Å². The van der Waals surface area contributed by atoms with Gasteiger partial charge in [0.05, 0.1) is 62.5 Å². The second-order valence-electron chi connectivity index (χ2n) is 26.3. The molecule has 8 aliphatic rings. The highest BCUT2D eigenvalue weighted by Gasteiger charge is 2.71. The summed E-state index contributed by atoms with van der Waals surface area (Å²) in [5.74, 6) is -0.335. The molecule has 3 unspecified atom stereocenters. The van der Waals surface area contributed by atoms with Crippen LogP contribution in [0, 0.1) is 51.2 Å². The predicted molar refractivity (Wildman–Crippen MR) is 275 cm³/mol. The summed E-state index contributed by atoms with van der Waals surface area (Å²) in [5.41, 5.74) is -1.97. The van der Waals surface area contributed by atoms with Gasteiger partial charge in [0, 0.05) is 16.7 Å². The van der Waals surface area contributed by atoms with E-state index in [4.69, 9.17) is 37.9 Å². The summed E-state index contributed by atoms with van der Waals surface area (Å²) in [6.07, 6.45) is -22.4. The third-order valence-corrected chi connectivity index (χ3v) is 21.5. The van der Waals surface area contributed by atoms with Crippen molar-refractivity contribution >= 4 is 0 Å². The Morgan fingerprint density at radius 1 is 0.646 bits per heavy atom. The van der Waals surface area contributed by atoms with E-state index in [9.17, 15) is 76.6 Å². The van der Waals surface area contributed by atoms with Crippen molar-refractivity contribution in [2.75, 3.05) is 26.4 Å². The lowest BCUT2D eigenvalue weighted by molar-refractivity contribution is -0.373. The molecule has 8 rings (SSSR count). The predicted octanol–water partition coefficient (Wildman–Crippen LogP) is -1.57. The lowest BCUT2D eigenvalue weighted by Gasteiger charge is -2.68. The molecular formula is C56H96O23. The van der Waals surface area contributed by atoms with Crippen LogP contribution in [0.3, 0.4) is 0 Å². The van der Waals surface area contributed by atoms with E-state index in [0.717, 1.165) is 24.8 Å². The van der Waals surface area contributed by atoms with E-state index in [1.54, 1.807) is 20.8 Å². The fraction of sp³-hybridized carbons (Fsp3) is 0.964. The first-order chi connectivity index (χ1) is 37.0. The van der Waals surface area contributed by atoms with E-state index >= 15 is 0 Å². The van der Waals surface area contributed by atoms with Crippen LogP contribution in [0.5, 0.6) is 0 Å². The molecule has 7 fully saturated rings. The minimum atomic E-state index is -1.73. The van der Waals surface area contributed by atoms with Gasteiger partial charge in [-0.1, -0.05) is 60.1 Å². The molecule has 4 saturated heterocycles. The van der Waals surface area contributed by atoms with Crippen molar-refractivity contribution in [2.24, 2.45) is 51.2 Å². The quantitative estimate of drug-likeness (QED) is 0.0690. The van der Waals surface area contributed by atoms with Crippen LogP contribution in [-0.2, 0) is 37.9 Å². The van der Waals surface area contributed by atoms with Crippen molar-refractivity contribution in [3.63, 3.8) is 0 Å². The zero-order valence-electron chi connectivity index (χ0n) is 47.3.